The molecule has 2 saturated heterocycles. The molecule has 0 aromatic heterocycles. The Morgan fingerprint density at radius 2 is 1.94 bits per heavy atom. The Hall–Kier alpha value is 0.270. The molecule has 0 aromatic rings. The minimum atomic E-state index is 0.478. The van der Waals surface area contributed by atoms with E-state index >= 15 is 0 Å². The molecule has 2 N–H and O–H groups in total. The van der Waals surface area contributed by atoms with Crippen molar-refractivity contribution in [2.45, 2.75) is 70.1 Å². The summed E-state index contributed by atoms with van der Waals surface area (Å²) in [5.74, 6) is 2.57. The van der Waals surface area contributed by atoms with Crippen molar-refractivity contribution in [3.63, 3.8) is 0 Å². The Morgan fingerprint density at radius 1 is 1.31 bits per heavy atom. The smallest absolute Gasteiger partial charge is 0.0116 e. The lowest BCUT2D eigenvalue weighted by Gasteiger charge is -2.41. The minimum absolute atomic E-state index is 0.478. The molecule has 0 aromatic carbocycles. The second-order valence-corrected chi connectivity index (χ2v) is 6.79. The molecular weight excluding hydrogens is 216 g/mol. The fourth-order valence-electron chi connectivity index (χ4n) is 3.52. The maximum absolute atomic E-state index is 6.11. The van der Waals surface area contributed by atoms with E-state index in [1.807, 2.05) is 0 Å². The number of fused-ring (bicyclic) bond motifs is 2. The molecule has 0 spiro atoms. The van der Waals surface area contributed by atoms with Crippen molar-refractivity contribution in [1.82, 2.24) is 4.90 Å². The average molecular weight is 242 g/mol. The molecule has 0 aliphatic carbocycles. The van der Waals surface area contributed by atoms with Crippen molar-refractivity contribution in [1.29, 1.82) is 0 Å². The molecule has 2 aliphatic rings. The zero-order chi connectivity index (χ0) is 11.5. The molecule has 3 heteroatoms. The summed E-state index contributed by atoms with van der Waals surface area (Å²) in [4.78, 5) is 2.79. The standard InChI is InChI=1S/C13H26N2S/c1-3-16-7-6-10(2)15-12-4-5-13(15)9-11(14)8-12/h10-13H,3-9,14H2,1-2H3. The van der Waals surface area contributed by atoms with E-state index in [0.29, 0.717) is 6.04 Å². The maximum Gasteiger partial charge on any atom is 0.0116 e. The third-order valence-corrected chi connectivity index (χ3v) is 5.15. The van der Waals surface area contributed by atoms with Gasteiger partial charge in [0.1, 0.15) is 0 Å². The maximum atomic E-state index is 6.11. The van der Waals surface area contributed by atoms with Gasteiger partial charge >= 0.3 is 0 Å². The first-order valence-electron chi connectivity index (χ1n) is 6.83. The number of nitrogens with zero attached hydrogens (tertiary/aromatic N) is 1. The van der Waals surface area contributed by atoms with Crippen LogP contribution in [0.3, 0.4) is 0 Å². The van der Waals surface area contributed by atoms with E-state index in [1.165, 1.54) is 43.6 Å². The molecule has 3 atom stereocenters. The molecule has 2 fully saturated rings. The van der Waals surface area contributed by atoms with Crippen molar-refractivity contribution < 1.29 is 0 Å². The van der Waals surface area contributed by atoms with E-state index in [9.17, 15) is 0 Å². The SMILES string of the molecule is CCSCCC(C)N1C2CCC1CC(N)C2. The van der Waals surface area contributed by atoms with Crippen LogP contribution in [0.15, 0.2) is 0 Å². The average Bonchev–Trinajstić information content (AvgIpc) is 2.52. The van der Waals surface area contributed by atoms with E-state index in [1.54, 1.807) is 0 Å². The molecule has 2 bridgehead atoms. The lowest BCUT2D eigenvalue weighted by Crippen LogP contribution is -2.51. The van der Waals surface area contributed by atoms with Crippen LogP contribution in [0.25, 0.3) is 0 Å². The largest absolute Gasteiger partial charge is 0.328 e. The van der Waals surface area contributed by atoms with Gasteiger partial charge in [0.05, 0.1) is 0 Å². The van der Waals surface area contributed by atoms with Crippen LogP contribution in [0, 0.1) is 0 Å². The van der Waals surface area contributed by atoms with Gasteiger partial charge in [-0.15, -0.1) is 0 Å². The van der Waals surface area contributed by atoms with Gasteiger partial charge in [-0.3, -0.25) is 4.90 Å². The van der Waals surface area contributed by atoms with Gasteiger partial charge in [0, 0.05) is 24.2 Å². The molecule has 0 saturated carbocycles. The Kier molecular flexibility index (Phi) is 4.57. The van der Waals surface area contributed by atoms with Crippen LogP contribution in [0.1, 0.15) is 46.0 Å². The highest BCUT2D eigenvalue weighted by Gasteiger charge is 2.41. The fraction of sp³-hybridized carbons (Fsp3) is 1.00. The second kappa shape index (κ2) is 5.74. The van der Waals surface area contributed by atoms with E-state index in [-0.39, 0.29) is 0 Å². The third-order valence-electron chi connectivity index (χ3n) is 4.22. The molecule has 0 amide bonds. The van der Waals surface area contributed by atoms with Gasteiger partial charge < -0.3 is 5.73 Å². The number of nitrogens with two attached hydrogens (primary N) is 1. The minimum Gasteiger partial charge on any atom is -0.328 e. The summed E-state index contributed by atoms with van der Waals surface area (Å²) in [7, 11) is 0. The summed E-state index contributed by atoms with van der Waals surface area (Å²) < 4.78 is 0. The predicted molar refractivity (Wildman–Crippen MR) is 72.9 cm³/mol. The second-order valence-electron chi connectivity index (χ2n) is 5.40. The van der Waals surface area contributed by atoms with Crippen LogP contribution < -0.4 is 5.73 Å². The highest BCUT2D eigenvalue weighted by molar-refractivity contribution is 7.99. The number of hydrogen-bond donors (Lipinski definition) is 1. The van der Waals surface area contributed by atoms with Crippen molar-refractivity contribution in [3.05, 3.63) is 0 Å². The van der Waals surface area contributed by atoms with Crippen LogP contribution in [0.2, 0.25) is 0 Å². The number of thioether (sulfide) groups is 1. The predicted octanol–water partition coefficient (Wildman–Crippen LogP) is 2.47. The van der Waals surface area contributed by atoms with E-state index < -0.39 is 0 Å². The first kappa shape index (κ1) is 12.7. The van der Waals surface area contributed by atoms with Gasteiger partial charge in [0.25, 0.3) is 0 Å². The van der Waals surface area contributed by atoms with Crippen molar-refractivity contribution in [2.75, 3.05) is 11.5 Å². The van der Waals surface area contributed by atoms with Gasteiger partial charge in [-0.25, -0.2) is 0 Å². The Balaban J connectivity index is 1.85. The fourth-order valence-corrected chi connectivity index (χ4v) is 4.32. The van der Waals surface area contributed by atoms with Gasteiger partial charge in [-0.1, -0.05) is 6.92 Å². The summed E-state index contributed by atoms with van der Waals surface area (Å²) in [6.45, 7) is 4.66. The third kappa shape index (κ3) is 2.74. The van der Waals surface area contributed by atoms with Crippen LogP contribution in [-0.4, -0.2) is 40.6 Å². The number of rotatable bonds is 5. The zero-order valence-electron chi connectivity index (χ0n) is 10.7. The normalized spacial score (nSPS) is 36.6. The first-order valence-corrected chi connectivity index (χ1v) is 7.98. The van der Waals surface area contributed by atoms with Crippen LogP contribution in [-0.2, 0) is 0 Å². The number of piperidine rings is 1. The van der Waals surface area contributed by atoms with Crippen LogP contribution >= 0.6 is 11.8 Å². The van der Waals surface area contributed by atoms with Crippen molar-refractivity contribution in [3.8, 4) is 0 Å². The highest BCUT2D eigenvalue weighted by Crippen LogP contribution is 2.37. The van der Waals surface area contributed by atoms with Crippen molar-refractivity contribution >= 4 is 11.8 Å². The van der Waals surface area contributed by atoms with E-state index in [2.05, 4.69) is 30.5 Å². The molecule has 2 rings (SSSR count). The summed E-state index contributed by atoms with van der Waals surface area (Å²) in [6.07, 6.45) is 6.61. The van der Waals surface area contributed by atoms with Crippen LogP contribution in [0.4, 0.5) is 0 Å². The van der Waals surface area contributed by atoms with E-state index in [4.69, 9.17) is 5.73 Å². The molecular formula is C13H26N2S. The topological polar surface area (TPSA) is 29.3 Å². The highest BCUT2D eigenvalue weighted by atomic mass is 32.2. The lowest BCUT2D eigenvalue weighted by atomic mass is 9.96. The summed E-state index contributed by atoms with van der Waals surface area (Å²) in [5, 5.41) is 0. The molecule has 2 nitrogen and oxygen atoms in total. The first-order chi connectivity index (χ1) is 7.72. The lowest BCUT2D eigenvalue weighted by molar-refractivity contribution is 0.0842. The molecule has 94 valence electrons. The zero-order valence-corrected chi connectivity index (χ0v) is 11.5. The van der Waals surface area contributed by atoms with Gasteiger partial charge in [-0.05, 0) is 50.5 Å². The molecule has 16 heavy (non-hydrogen) atoms. The van der Waals surface area contributed by atoms with Gasteiger partial charge in [0.15, 0.2) is 0 Å². The number of hydrogen-bond acceptors (Lipinski definition) is 3. The Morgan fingerprint density at radius 3 is 2.50 bits per heavy atom. The molecule has 0 radical (unpaired) electrons. The Labute approximate surface area is 104 Å². The van der Waals surface area contributed by atoms with Gasteiger partial charge in [-0.2, -0.15) is 11.8 Å². The molecule has 3 unspecified atom stereocenters. The Bertz CT molecular complexity index is 208. The summed E-state index contributed by atoms with van der Waals surface area (Å²) >= 11 is 2.07. The monoisotopic (exact) mass is 242 g/mol. The molecule has 2 aliphatic heterocycles. The van der Waals surface area contributed by atoms with E-state index in [0.717, 1.165) is 18.1 Å². The van der Waals surface area contributed by atoms with Crippen LogP contribution in [0.5, 0.6) is 0 Å². The quantitative estimate of drug-likeness (QED) is 0.751. The van der Waals surface area contributed by atoms with Crippen molar-refractivity contribution in [2.24, 2.45) is 5.73 Å². The van der Waals surface area contributed by atoms with Gasteiger partial charge in [0.2, 0.25) is 0 Å². The summed E-state index contributed by atoms with van der Waals surface area (Å²) in [6, 6.07) is 2.85. The molecule has 2 heterocycles. The summed E-state index contributed by atoms with van der Waals surface area (Å²) in [5.41, 5.74) is 6.11.